The van der Waals surface area contributed by atoms with Crippen molar-refractivity contribution in [3.05, 3.63) is 29.3 Å². The number of hydrogen-bond acceptors (Lipinski definition) is 4. The van der Waals surface area contributed by atoms with Gasteiger partial charge in [0, 0.05) is 25.1 Å². The molecule has 7 heteroatoms. The maximum Gasteiger partial charge on any atom is 0.224 e. The van der Waals surface area contributed by atoms with Gasteiger partial charge in [0.15, 0.2) is 0 Å². The second-order valence-corrected chi connectivity index (χ2v) is 10.5. The quantitative estimate of drug-likeness (QED) is 0.852. The lowest BCUT2D eigenvalue weighted by Gasteiger charge is -2.39. The minimum Gasteiger partial charge on any atom is -0.487 e. The van der Waals surface area contributed by atoms with E-state index in [9.17, 15) is 13.2 Å². The summed E-state index contributed by atoms with van der Waals surface area (Å²) in [6, 6.07) is 5.91. The molecule has 0 aliphatic carbocycles. The van der Waals surface area contributed by atoms with Gasteiger partial charge in [-0.2, -0.15) is 0 Å². The average Bonchev–Trinajstić information content (AvgIpc) is 2.60. The number of rotatable bonds is 4. The average molecular weight is 395 g/mol. The van der Waals surface area contributed by atoms with Crippen LogP contribution in [0.4, 0.5) is 0 Å². The molecule has 150 valence electrons. The van der Waals surface area contributed by atoms with Crippen LogP contribution < -0.4 is 10.1 Å². The Morgan fingerprint density at radius 1 is 1.37 bits per heavy atom. The number of carbonyl (C=O) groups is 1. The molecule has 1 saturated heterocycles. The van der Waals surface area contributed by atoms with Crippen LogP contribution >= 0.6 is 0 Å². The van der Waals surface area contributed by atoms with Crippen LogP contribution in [-0.2, 0) is 14.8 Å². The van der Waals surface area contributed by atoms with Gasteiger partial charge in [-0.1, -0.05) is 12.1 Å². The van der Waals surface area contributed by atoms with Gasteiger partial charge in [0.1, 0.15) is 11.4 Å². The Labute approximate surface area is 162 Å². The smallest absolute Gasteiger partial charge is 0.224 e. The van der Waals surface area contributed by atoms with Gasteiger partial charge < -0.3 is 10.1 Å². The normalized spacial score (nSPS) is 25.3. The molecule has 0 saturated carbocycles. The lowest BCUT2D eigenvalue weighted by Crippen LogP contribution is -2.48. The van der Waals surface area contributed by atoms with E-state index in [4.69, 9.17) is 4.74 Å². The highest BCUT2D eigenvalue weighted by molar-refractivity contribution is 7.89. The lowest BCUT2D eigenvalue weighted by atomic mass is 9.88. The van der Waals surface area contributed by atoms with Crippen molar-refractivity contribution in [2.45, 2.75) is 58.6 Å². The Balaban J connectivity index is 1.76. The van der Waals surface area contributed by atoms with Crippen molar-refractivity contribution in [3.8, 4) is 5.75 Å². The van der Waals surface area contributed by atoms with E-state index in [0.717, 1.165) is 23.3 Å². The minimum atomic E-state index is -3.26. The van der Waals surface area contributed by atoms with Crippen molar-refractivity contribution in [1.82, 2.24) is 9.62 Å². The Bertz CT molecular complexity index is 819. The van der Waals surface area contributed by atoms with E-state index in [1.165, 1.54) is 4.31 Å². The fraction of sp³-hybridized carbons (Fsp3) is 0.650. The van der Waals surface area contributed by atoms with Crippen LogP contribution in [0.1, 0.15) is 57.2 Å². The van der Waals surface area contributed by atoms with E-state index in [1.807, 2.05) is 39.0 Å². The number of carbonyl (C=O) groups excluding carboxylic acids is 1. The first kappa shape index (κ1) is 20.1. The zero-order chi connectivity index (χ0) is 19.8. The fourth-order valence-electron chi connectivity index (χ4n) is 3.97. The van der Waals surface area contributed by atoms with Crippen LogP contribution in [0.15, 0.2) is 18.2 Å². The third kappa shape index (κ3) is 4.46. The van der Waals surface area contributed by atoms with Crippen molar-refractivity contribution in [2.75, 3.05) is 18.8 Å². The molecular weight excluding hydrogens is 364 g/mol. The number of nitrogens with one attached hydrogen (secondary N) is 1. The number of hydrogen-bond donors (Lipinski definition) is 1. The van der Waals surface area contributed by atoms with Gasteiger partial charge in [0.05, 0.1) is 17.7 Å². The number of piperidine rings is 1. The molecule has 6 nitrogen and oxygen atoms in total. The number of sulfonamides is 1. The first-order chi connectivity index (χ1) is 12.6. The van der Waals surface area contributed by atoms with Crippen LogP contribution in [0, 0.1) is 12.8 Å². The first-order valence-corrected chi connectivity index (χ1v) is 11.3. The Morgan fingerprint density at radius 3 is 2.81 bits per heavy atom. The second-order valence-electron chi connectivity index (χ2n) is 8.27. The molecule has 2 unspecified atom stereocenters. The third-order valence-corrected chi connectivity index (χ3v) is 7.30. The summed E-state index contributed by atoms with van der Waals surface area (Å²) in [7, 11) is -3.26. The van der Waals surface area contributed by atoms with Crippen LogP contribution in [0.3, 0.4) is 0 Å². The second kappa shape index (κ2) is 7.43. The van der Waals surface area contributed by atoms with Crippen molar-refractivity contribution < 1.29 is 17.9 Å². The minimum absolute atomic E-state index is 0.0692. The third-order valence-electron chi connectivity index (χ3n) is 5.46. The molecular formula is C20H30N2O4S. The van der Waals surface area contributed by atoms with Crippen molar-refractivity contribution >= 4 is 15.9 Å². The number of aryl methyl sites for hydroxylation is 1. The summed E-state index contributed by atoms with van der Waals surface area (Å²) in [5.41, 5.74) is 1.73. The predicted octanol–water partition coefficient (Wildman–Crippen LogP) is 2.78. The van der Waals surface area contributed by atoms with Gasteiger partial charge in [-0.3, -0.25) is 4.79 Å². The molecule has 2 aliphatic rings. The molecule has 2 aliphatic heterocycles. The van der Waals surface area contributed by atoms with Crippen molar-refractivity contribution in [2.24, 2.45) is 5.92 Å². The Hall–Kier alpha value is -1.60. The SMILES string of the molecule is CCS(=O)(=O)N1CCCC(C(=O)NC2CC(C)(C)Oc3cc(C)ccc32)C1. The predicted molar refractivity (Wildman–Crippen MR) is 105 cm³/mol. The van der Waals surface area contributed by atoms with Crippen LogP contribution in [0.2, 0.25) is 0 Å². The number of nitrogens with zero attached hydrogens (tertiary/aromatic N) is 1. The molecule has 3 rings (SSSR count). The van der Waals surface area contributed by atoms with Gasteiger partial charge in [0.2, 0.25) is 15.9 Å². The van der Waals surface area contributed by atoms with E-state index < -0.39 is 10.0 Å². The standard InChI is InChI=1S/C20H30N2O4S/c1-5-27(24,25)22-10-6-7-15(13-22)19(23)21-17-12-20(3,4)26-18-11-14(2)8-9-16(17)18/h8-9,11,15,17H,5-7,10,12-13H2,1-4H3,(H,21,23). The molecule has 27 heavy (non-hydrogen) atoms. The Kier molecular flexibility index (Phi) is 5.54. The van der Waals surface area contributed by atoms with Crippen LogP contribution in [0.5, 0.6) is 5.75 Å². The van der Waals surface area contributed by atoms with Crippen LogP contribution in [-0.4, -0.2) is 43.1 Å². The maximum absolute atomic E-state index is 12.9. The summed E-state index contributed by atoms with van der Waals surface area (Å²) >= 11 is 0. The molecule has 0 radical (unpaired) electrons. The molecule has 1 aromatic carbocycles. The molecule has 0 spiro atoms. The number of ether oxygens (including phenoxy) is 1. The summed E-state index contributed by atoms with van der Waals surface area (Å²) in [4.78, 5) is 12.9. The molecule has 0 bridgehead atoms. The lowest BCUT2D eigenvalue weighted by molar-refractivity contribution is -0.127. The largest absolute Gasteiger partial charge is 0.487 e. The summed E-state index contributed by atoms with van der Waals surface area (Å²) in [6.45, 7) is 8.48. The molecule has 2 atom stereocenters. The van der Waals surface area contributed by atoms with E-state index in [0.29, 0.717) is 19.4 Å². The van der Waals surface area contributed by atoms with Gasteiger partial charge in [-0.25, -0.2) is 12.7 Å². The van der Waals surface area contributed by atoms with E-state index in [1.54, 1.807) is 6.92 Å². The molecule has 1 amide bonds. The van der Waals surface area contributed by atoms with E-state index in [-0.39, 0.29) is 35.8 Å². The van der Waals surface area contributed by atoms with Gasteiger partial charge in [0.25, 0.3) is 0 Å². The highest BCUT2D eigenvalue weighted by atomic mass is 32.2. The zero-order valence-electron chi connectivity index (χ0n) is 16.6. The zero-order valence-corrected chi connectivity index (χ0v) is 17.4. The summed E-state index contributed by atoms with van der Waals surface area (Å²) in [5, 5.41) is 3.17. The first-order valence-electron chi connectivity index (χ1n) is 9.69. The monoisotopic (exact) mass is 394 g/mol. The fourth-order valence-corrected chi connectivity index (χ4v) is 5.15. The summed E-state index contributed by atoms with van der Waals surface area (Å²) in [6.07, 6.45) is 2.11. The summed E-state index contributed by atoms with van der Waals surface area (Å²) < 4.78 is 31.9. The van der Waals surface area contributed by atoms with Gasteiger partial charge in [-0.05, 0) is 52.2 Å². The van der Waals surface area contributed by atoms with Crippen LogP contribution in [0.25, 0.3) is 0 Å². The molecule has 1 fully saturated rings. The Morgan fingerprint density at radius 2 is 2.11 bits per heavy atom. The van der Waals surface area contributed by atoms with Crippen molar-refractivity contribution in [3.63, 3.8) is 0 Å². The van der Waals surface area contributed by atoms with E-state index in [2.05, 4.69) is 5.32 Å². The number of benzene rings is 1. The van der Waals surface area contributed by atoms with Crippen molar-refractivity contribution in [1.29, 1.82) is 0 Å². The molecule has 2 heterocycles. The highest BCUT2D eigenvalue weighted by Crippen LogP contribution is 2.40. The molecule has 0 aromatic heterocycles. The number of amides is 1. The highest BCUT2D eigenvalue weighted by Gasteiger charge is 2.37. The maximum atomic E-state index is 12.9. The van der Waals surface area contributed by atoms with Gasteiger partial charge >= 0.3 is 0 Å². The van der Waals surface area contributed by atoms with Gasteiger partial charge in [-0.15, -0.1) is 0 Å². The molecule has 1 N–H and O–H groups in total. The topological polar surface area (TPSA) is 75.7 Å². The molecule has 1 aromatic rings. The van der Waals surface area contributed by atoms with E-state index >= 15 is 0 Å². The number of fused-ring (bicyclic) bond motifs is 1. The summed E-state index contributed by atoms with van der Waals surface area (Å²) in [5.74, 6) is 0.512.